The van der Waals surface area contributed by atoms with E-state index in [1.807, 2.05) is 48.9 Å². The van der Waals surface area contributed by atoms with Gasteiger partial charge >= 0.3 is 0 Å². The lowest BCUT2D eigenvalue weighted by Crippen LogP contribution is -2.31. The average Bonchev–Trinajstić information content (AvgIpc) is 3.46. The number of aromatic nitrogens is 2. The molecule has 0 radical (unpaired) electrons. The van der Waals surface area contributed by atoms with Gasteiger partial charge in [0, 0.05) is 31.0 Å². The zero-order valence-corrected chi connectivity index (χ0v) is 21.2. The molecule has 36 heavy (non-hydrogen) atoms. The highest BCUT2D eigenvalue weighted by Crippen LogP contribution is 2.40. The molecule has 1 atom stereocenters. The van der Waals surface area contributed by atoms with Crippen LogP contribution < -0.4 is 4.74 Å². The number of hydrogen-bond acceptors (Lipinski definition) is 5. The molecule has 1 aromatic heterocycles. The zero-order chi connectivity index (χ0) is 25.8. The largest absolute Gasteiger partial charge is 0.507 e. The van der Waals surface area contributed by atoms with Crippen molar-refractivity contribution in [3.8, 4) is 5.75 Å². The van der Waals surface area contributed by atoms with Crippen molar-refractivity contribution >= 4 is 17.4 Å². The minimum Gasteiger partial charge on any atom is -0.507 e. The van der Waals surface area contributed by atoms with Gasteiger partial charge in [0.1, 0.15) is 11.5 Å². The van der Waals surface area contributed by atoms with E-state index in [1.54, 1.807) is 41.7 Å². The van der Waals surface area contributed by atoms with Crippen molar-refractivity contribution < 1.29 is 19.4 Å². The molecule has 1 aliphatic rings. The van der Waals surface area contributed by atoms with Crippen molar-refractivity contribution in [2.45, 2.75) is 58.7 Å². The summed E-state index contributed by atoms with van der Waals surface area (Å²) >= 11 is 0. The Labute approximate surface area is 212 Å². The van der Waals surface area contributed by atoms with Crippen LogP contribution in [-0.2, 0) is 16.1 Å². The number of Topliss-reactive ketones (excluding diaryl/α,β-unsaturated/α-hetero) is 1. The number of imidazole rings is 1. The molecule has 1 unspecified atom stereocenters. The van der Waals surface area contributed by atoms with Crippen LogP contribution in [0.2, 0.25) is 0 Å². The standard InChI is InChI=1S/C29H33N3O4/c1-19(2)21-6-8-22(9-7-21)26-25(27(33)23-10-12-24(13-11-23)36-20(3)4)28(34)29(35)32(26)16-5-15-31-17-14-30-18-31/h6-14,17-20,26,33H,5,15-16H2,1-4H3/b27-25-. The first-order valence-corrected chi connectivity index (χ1v) is 12.4. The maximum Gasteiger partial charge on any atom is 0.295 e. The number of carbonyl (C=O) groups excluding carboxylic acids is 2. The maximum atomic E-state index is 13.2. The van der Waals surface area contributed by atoms with Crippen LogP contribution >= 0.6 is 0 Å². The summed E-state index contributed by atoms with van der Waals surface area (Å²) in [6.07, 6.45) is 5.96. The van der Waals surface area contributed by atoms with Gasteiger partial charge < -0.3 is 19.3 Å². The number of amides is 1. The molecular formula is C29H33N3O4. The molecular weight excluding hydrogens is 454 g/mol. The smallest absolute Gasteiger partial charge is 0.295 e. The summed E-state index contributed by atoms with van der Waals surface area (Å²) in [4.78, 5) is 32.0. The fourth-order valence-electron chi connectivity index (χ4n) is 4.48. The number of aliphatic hydroxyl groups excluding tert-OH is 1. The molecule has 188 valence electrons. The lowest BCUT2D eigenvalue weighted by Gasteiger charge is -2.26. The Hall–Kier alpha value is -3.87. The highest BCUT2D eigenvalue weighted by atomic mass is 16.5. The molecule has 1 saturated heterocycles. The second-order valence-corrected chi connectivity index (χ2v) is 9.66. The Bertz CT molecular complexity index is 1230. The minimum atomic E-state index is -0.671. The summed E-state index contributed by atoms with van der Waals surface area (Å²) in [5.41, 5.74) is 2.53. The van der Waals surface area contributed by atoms with Gasteiger partial charge in [0.05, 0.1) is 24.0 Å². The van der Waals surface area contributed by atoms with E-state index in [9.17, 15) is 14.7 Å². The lowest BCUT2D eigenvalue weighted by molar-refractivity contribution is -0.139. The van der Waals surface area contributed by atoms with Gasteiger partial charge in [-0.1, -0.05) is 38.1 Å². The topological polar surface area (TPSA) is 84.7 Å². The van der Waals surface area contributed by atoms with Gasteiger partial charge in [0.2, 0.25) is 0 Å². The summed E-state index contributed by atoms with van der Waals surface area (Å²) in [6, 6.07) is 14.2. The molecule has 1 amide bonds. The summed E-state index contributed by atoms with van der Waals surface area (Å²) < 4.78 is 7.63. The van der Waals surface area contributed by atoms with Crippen molar-refractivity contribution in [2.24, 2.45) is 0 Å². The number of hydrogen-bond donors (Lipinski definition) is 1. The Balaban J connectivity index is 1.70. The second kappa shape index (κ2) is 10.8. The fraction of sp³-hybridized carbons (Fsp3) is 0.345. The van der Waals surface area contributed by atoms with Crippen LogP contribution in [0.1, 0.15) is 62.8 Å². The van der Waals surface area contributed by atoms with E-state index >= 15 is 0 Å². The SMILES string of the molecule is CC(C)Oc1ccc(/C(O)=C2/C(=O)C(=O)N(CCCn3ccnc3)C2c2ccc(C(C)C)cc2)cc1. The zero-order valence-electron chi connectivity index (χ0n) is 21.2. The van der Waals surface area contributed by atoms with Crippen LogP contribution in [0.4, 0.5) is 0 Å². The molecule has 0 aliphatic carbocycles. The third-order valence-corrected chi connectivity index (χ3v) is 6.33. The summed E-state index contributed by atoms with van der Waals surface area (Å²) in [7, 11) is 0. The third kappa shape index (κ3) is 5.35. The molecule has 2 aromatic carbocycles. The normalized spacial score (nSPS) is 17.4. The quantitative estimate of drug-likeness (QED) is 0.251. The van der Waals surface area contributed by atoms with Crippen LogP contribution in [0.25, 0.3) is 5.76 Å². The van der Waals surface area contributed by atoms with E-state index in [1.165, 1.54) is 0 Å². The van der Waals surface area contributed by atoms with Gasteiger partial charge in [-0.05, 0) is 61.6 Å². The van der Waals surface area contributed by atoms with Gasteiger partial charge in [-0.2, -0.15) is 0 Å². The van der Waals surface area contributed by atoms with Crippen LogP contribution in [0.15, 0.2) is 72.8 Å². The molecule has 0 saturated carbocycles. The molecule has 1 aliphatic heterocycles. The average molecular weight is 488 g/mol. The van der Waals surface area contributed by atoms with Gasteiger partial charge in [0.25, 0.3) is 11.7 Å². The van der Waals surface area contributed by atoms with Crippen molar-refractivity contribution in [1.29, 1.82) is 0 Å². The molecule has 1 N–H and O–H groups in total. The molecule has 7 heteroatoms. The molecule has 0 bridgehead atoms. The minimum absolute atomic E-state index is 0.0194. The molecule has 7 nitrogen and oxygen atoms in total. The Kier molecular flexibility index (Phi) is 7.58. The molecule has 2 heterocycles. The first-order chi connectivity index (χ1) is 17.3. The Morgan fingerprint density at radius 3 is 2.28 bits per heavy atom. The highest BCUT2D eigenvalue weighted by Gasteiger charge is 2.45. The van der Waals surface area contributed by atoms with Gasteiger partial charge in [-0.3, -0.25) is 9.59 Å². The summed E-state index contributed by atoms with van der Waals surface area (Å²) in [6.45, 7) is 9.14. The van der Waals surface area contributed by atoms with Crippen LogP contribution in [0.3, 0.4) is 0 Å². The molecule has 3 aromatic rings. The first kappa shape index (κ1) is 25.2. The number of rotatable bonds is 9. The van der Waals surface area contributed by atoms with Crippen molar-refractivity contribution in [3.05, 3.63) is 89.5 Å². The number of aryl methyl sites for hydroxylation is 1. The predicted molar refractivity (Wildman–Crippen MR) is 139 cm³/mol. The Morgan fingerprint density at radius 1 is 1.00 bits per heavy atom. The number of ether oxygens (including phenoxy) is 1. The van der Waals surface area contributed by atoms with Crippen molar-refractivity contribution in [3.63, 3.8) is 0 Å². The monoisotopic (exact) mass is 487 g/mol. The van der Waals surface area contributed by atoms with Gasteiger partial charge in [-0.25, -0.2) is 4.98 Å². The number of likely N-dealkylation sites (tertiary alicyclic amines) is 1. The third-order valence-electron chi connectivity index (χ3n) is 6.33. The number of carbonyl (C=O) groups is 2. The van der Waals surface area contributed by atoms with E-state index in [0.717, 1.165) is 11.1 Å². The van der Waals surface area contributed by atoms with E-state index < -0.39 is 17.7 Å². The first-order valence-electron chi connectivity index (χ1n) is 12.4. The van der Waals surface area contributed by atoms with Gasteiger partial charge in [0.15, 0.2) is 0 Å². The van der Waals surface area contributed by atoms with E-state index in [4.69, 9.17) is 4.74 Å². The molecule has 0 spiro atoms. The van der Waals surface area contributed by atoms with Crippen LogP contribution in [-0.4, -0.2) is 43.9 Å². The van der Waals surface area contributed by atoms with E-state index in [0.29, 0.717) is 36.7 Å². The second-order valence-electron chi connectivity index (χ2n) is 9.66. The number of benzene rings is 2. The van der Waals surface area contributed by atoms with Crippen molar-refractivity contribution in [1.82, 2.24) is 14.5 Å². The molecule has 1 fully saturated rings. The van der Waals surface area contributed by atoms with Crippen LogP contribution in [0, 0.1) is 0 Å². The summed E-state index contributed by atoms with van der Waals surface area (Å²) in [5.74, 6) is -0.426. The predicted octanol–water partition coefficient (Wildman–Crippen LogP) is 5.31. The van der Waals surface area contributed by atoms with Crippen LogP contribution in [0.5, 0.6) is 5.75 Å². The van der Waals surface area contributed by atoms with E-state index in [-0.39, 0.29) is 17.4 Å². The number of aliphatic hydroxyl groups is 1. The number of ketones is 1. The highest BCUT2D eigenvalue weighted by molar-refractivity contribution is 6.46. The maximum absolute atomic E-state index is 13.2. The Morgan fingerprint density at radius 2 is 1.69 bits per heavy atom. The molecule has 4 rings (SSSR count). The van der Waals surface area contributed by atoms with Crippen molar-refractivity contribution in [2.75, 3.05) is 6.54 Å². The fourth-order valence-corrected chi connectivity index (χ4v) is 4.48. The number of nitrogens with zero attached hydrogens (tertiary/aromatic N) is 3. The summed E-state index contributed by atoms with van der Waals surface area (Å²) in [5, 5.41) is 11.3. The lowest BCUT2D eigenvalue weighted by atomic mass is 9.93. The van der Waals surface area contributed by atoms with Gasteiger partial charge in [-0.15, -0.1) is 0 Å². The van der Waals surface area contributed by atoms with E-state index in [2.05, 4.69) is 18.8 Å².